The molecule has 3 rings (SSSR count). The Morgan fingerprint density at radius 2 is 1.92 bits per heavy atom. The number of ether oxygens (including phenoxy) is 1. The van der Waals surface area contributed by atoms with Crippen LogP contribution in [0.1, 0.15) is 22.3 Å². The van der Waals surface area contributed by atoms with E-state index in [0.717, 1.165) is 18.4 Å². The number of carbonyl (C=O) groups is 1. The molecule has 0 spiro atoms. The molecule has 1 aromatic carbocycles. The lowest BCUT2D eigenvalue weighted by atomic mass is 10.1. The third-order valence-electron chi connectivity index (χ3n) is 3.74. The molecule has 2 heterocycles. The van der Waals surface area contributed by atoms with Gasteiger partial charge in [-0.05, 0) is 42.7 Å². The Kier molecular flexibility index (Phi) is 5.40. The Labute approximate surface area is 155 Å². The van der Waals surface area contributed by atoms with Gasteiger partial charge in [-0.1, -0.05) is 35.3 Å². The molecule has 130 valence electrons. The van der Waals surface area contributed by atoms with Crippen molar-refractivity contribution in [1.82, 2.24) is 4.98 Å². The number of nitrogens with one attached hydrogen (secondary N) is 1. The van der Waals surface area contributed by atoms with E-state index in [1.807, 2.05) is 24.3 Å². The first kappa shape index (κ1) is 17.5. The van der Waals surface area contributed by atoms with Crippen LogP contribution in [-0.2, 0) is 11.2 Å². The second kappa shape index (κ2) is 7.72. The average molecular weight is 379 g/mol. The first-order chi connectivity index (χ1) is 12.0. The number of hydrogen-bond donors (Lipinski definition) is 2. The molecule has 0 fully saturated rings. The number of aliphatic imine (C=N–C) groups is 1. The van der Waals surface area contributed by atoms with Gasteiger partial charge in [-0.25, -0.2) is 9.98 Å². The normalized spacial score (nSPS) is 16.2. The van der Waals surface area contributed by atoms with E-state index in [4.69, 9.17) is 33.7 Å². The van der Waals surface area contributed by atoms with Gasteiger partial charge in [0.05, 0.1) is 6.04 Å². The summed E-state index contributed by atoms with van der Waals surface area (Å²) < 4.78 is 5.13. The van der Waals surface area contributed by atoms with E-state index in [-0.39, 0.29) is 28.3 Å². The van der Waals surface area contributed by atoms with Gasteiger partial charge in [0.1, 0.15) is 16.9 Å². The summed E-state index contributed by atoms with van der Waals surface area (Å²) in [5.74, 6) is -0.299. The van der Waals surface area contributed by atoms with Gasteiger partial charge in [0, 0.05) is 11.3 Å². The van der Waals surface area contributed by atoms with Crippen LogP contribution >= 0.6 is 23.2 Å². The molecule has 1 amide bonds. The zero-order valence-corrected chi connectivity index (χ0v) is 14.7. The summed E-state index contributed by atoms with van der Waals surface area (Å²) in [5.41, 5.74) is 7.68. The highest BCUT2D eigenvalue weighted by molar-refractivity contribution is 6.33. The van der Waals surface area contributed by atoms with E-state index in [1.165, 1.54) is 12.1 Å². The second-order valence-electron chi connectivity index (χ2n) is 5.62. The Morgan fingerprint density at radius 3 is 2.52 bits per heavy atom. The van der Waals surface area contributed by atoms with E-state index < -0.39 is 0 Å². The first-order valence-corrected chi connectivity index (χ1v) is 8.44. The highest BCUT2D eigenvalue weighted by Gasteiger charge is 2.16. The minimum Gasteiger partial charge on any atom is -0.463 e. The molecule has 0 bridgehead atoms. The van der Waals surface area contributed by atoms with Crippen LogP contribution in [0.3, 0.4) is 0 Å². The zero-order chi connectivity index (χ0) is 17.8. The van der Waals surface area contributed by atoms with Crippen LogP contribution < -0.4 is 11.1 Å². The Hall–Kier alpha value is -2.31. The quantitative estimate of drug-likeness (QED) is 0.781. The molecule has 6 nitrogen and oxygen atoms in total. The van der Waals surface area contributed by atoms with Gasteiger partial charge in [0.2, 0.25) is 0 Å². The molecule has 8 heteroatoms. The molecule has 3 N–H and O–H groups in total. The third kappa shape index (κ3) is 4.84. The van der Waals surface area contributed by atoms with Gasteiger partial charge < -0.3 is 15.8 Å². The number of halogens is 2. The molecule has 0 saturated carbocycles. The Morgan fingerprint density at radius 1 is 1.24 bits per heavy atom. The number of pyridine rings is 1. The molecule has 0 unspecified atom stereocenters. The minimum atomic E-state index is -0.299. The smallest absolute Gasteiger partial charge is 0.282 e. The summed E-state index contributed by atoms with van der Waals surface area (Å²) >= 11 is 11.6. The summed E-state index contributed by atoms with van der Waals surface area (Å²) in [6.07, 6.45) is 1.72. The summed E-state index contributed by atoms with van der Waals surface area (Å²) in [4.78, 5) is 20.3. The van der Waals surface area contributed by atoms with Crippen LogP contribution in [0.5, 0.6) is 0 Å². The van der Waals surface area contributed by atoms with E-state index >= 15 is 0 Å². The number of amidine groups is 1. The van der Waals surface area contributed by atoms with Crippen molar-refractivity contribution in [2.75, 3.05) is 11.9 Å². The van der Waals surface area contributed by atoms with E-state index in [9.17, 15) is 4.79 Å². The molecule has 1 aliphatic rings. The number of benzene rings is 1. The summed E-state index contributed by atoms with van der Waals surface area (Å²) in [6.45, 7) is 0.539. The van der Waals surface area contributed by atoms with Crippen molar-refractivity contribution in [1.29, 1.82) is 0 Å². The lowest BCUT2D eigenvalue weighted by Gasteiger charge is -2.08. The molecule has 0 saturated heterocycles. The number of aryl methyl sites for hydroxylation is 1. The molecule has 0 aliphatic carbocycles. The van der Waals surface area contributed by atoms with E-state index in [0.29, 0.717) is 17.9 Å². The fourth-order valence-electron chi connectivity index (χ4n) is 2.47. The Balaban J connectivity index is 1.57. The molecular weight excluding hydrogens is 363 g/mol. The van der Waals surface area contributed by atoms with Gasteiger partial charge in [-0.15, -0.1) is 0 Å². The van der Waals surface area contributed by atoms with Crippen molar-refractivity contribution < 1.29 is 9.53 Å². The van der Waals surface area contributed by atoms with Gasteiger partial charge >= 0.3 is 0 Å². The van der Waals surface area contributed by atoms with Crippen molar-refractivity contribution >= 4 is 40.8 Å². The number of nitrogens with zero attached hydrogens (tertiary/aromatic N) is 2. The van der Waals surface area contributed by atoms with Crippen molar-refractivity contribution in [2.45, 2.75) is 18.9 Å². The predicted molar refractivity (Wildman–Crippen MR) is 98.3 cm³/mol. The number of amides is 1. The second-order valence-corrected chi connectivity index (χ2v) is 6.40. The third-order valence-corrected chi connectivity index (χ3v) is 4.12. The van der Waals surface area contributed by atoms with Crippen LogP contribution in [0.4, 0.5) is 5.69 Å². The maximum atomic E-state index is 12.2. The largest absolute Gasteiger partial charge is 0.463 e. The van der Waals surface area contributed by atoms with Crippen molar-refractivity contribution in [3.05, 3.63) is 57.8 Å². The predicted octanol–water partition coefficient (Wildman–Crippen LogP) is 3.29. The number of nitrogens with two attached hydrogens (primary N) is 1. The molecule has 1 atom stereocenters. The van der Waals surface area contributed by atoms with Crippen LogP contribution in [0, 0.1) is 0 Å². The molecule has 1 aliphatic heterocycles. The number of hydrogen-bond acceptors (Lipinski definition) is 5. The fraction of sp³-hybridized carbons (Fsp3) is 0.235. The summed E-state index contributed by atoms with van der Waals surface area (Å²) in [6, 6.07) is 10.9. The molecule has 25 heavy (non-hydrogen) atoms. The summed E-state index contributed by atoms with van der Waals surface area (Å²) in [5, 5.41) is 3.15. The number of anilines is 1. The molecular formula is C17H16Cl2N4O2. The van der Waals surface area contributed by atoms with Gasteiger partial charge in [-0.3, -0.25) is 4.79 Å². The standard InChI is InChI=1S/C17H16Cl2N4O2/c18-14-7-11(8-15(19)23-14)16(24)21-12-4-1-10(2-5-12)3-6-13-9-25-17(20)22-13/h1-2,4-5,7-8,13H,3,6,9H2,(H2,20,22)(H,21,24)/t13-/m0/s1. The SMILES string of the molecule is NC1=N[C@@H](CCc2ccc(NC(=O)c3cc(Cl)nc(Cl)c3)cc2)CO1. The summed E-state index contributed by atoms with van der Waals surface area (Å²) in [7, 11) is 0. The maximum absolute atomic E-state index is 12.2. The Bertz CT molecular complexity index is 789. The number of carbonyl (C=O) groups excluding carboxylic acids is 1. The van der Waals surface area contributed by atoms with Gasteiger partial charge in [-0.2, -0.15) is 0 Å². The van der Waals surface area contributed by atoms with Gasteiger partial charge in [0.15, 0.2) is 0 Å². The van der Waals surface area contributed by atoms with E-state index in [1.54, 1.807) is 0 Å². The number of rotatable bonds is 5. The molecule has 1 aromatic heterocycles. The van der Waals surface area contributed by atoms with Crippen LogP contribution in [0.2, 0.25) is 10.3 Å². The highest BCUT2D eigenvalue weighted by Crippen LogP contribution is 2.18. The van der Waals surface area contributed by atoms with E-state index in [2.05, 4.69) is 15.3 Å². The topological polar surface area (TPSA) is 89.6 Å². The van der Waals surface area contributed by atoms with Crippen LogP contribution in [0.25, 0.3) is 0 Å². The van der Waals surface area contributed by atoms with Crippen molar-refractivity contribution in [3.63, 3.8) is 0 Å². The fourth-order valence-corrected chi connectivity index (χ4v) is 2.93. The zero-order valence-electron chi connectivity index (χ0n) is 13.2. The minimum absolute atomic E-state index is 0.112. The van der Waals surface area contributed by atoms with Gasteiger partial charge in [0.25, 0.3) is 11.9 Å². The average Bonchev–Trinajstić information content (AvgIpc) is 2.99. The first-order valence-electron chi connectivity index (χ1n) is 7.69. The van der Waals surface area contributed by atoms with Crippen molar-refractivity contribution in [3.8, 4) is 0 Å². The lowest BCUT2D eigenvalue weighted by Crippen LogP contribution is -2.12. The monoisotopic (exact) mass is 378 g/mol. The highest BCUT2D eigenvalue weighted by atomic mass is 35.5. The molecule has 2 aromatic rings. The number of aromatic nitrogens is 1. The maximum Gasteiger partial charge on any atom is 0.282 e. The molecule has 0 radical (unpaired) electrons. The van der Waals surface area contributed by atoms with Crippen molar-refractivity contribution in [2.24, 2.45) is 10.7 Å². The lowest BCUT2D eigenvalue weighted by molar-refractivity contribution is 0.102. The van der Waals surface area contributed by atoms with Crippen LogP contribution in [0.15, 0.2) is 41.4 Å². The van der Waals surface area contributed by atoms with Crippen LogP contribution in [-0.4, -0.2) is 29.6 Å².